The molecule has 0 atom stereocenters. The van der Waals surface area contributed by atoms with Gasteiger partial charge in [-0.2, -0.15) is 0 Å². The average molecular weight is 384 g/mol. The fourth-order valence-corrected chi connectivity index (χ4v) is 4.01. The van der Waals surface area contributed by atoms with Crippen molar-refractivity contribution in [3.63, 3.8) is 0 Å². The third kappa shape index (κ3) is 5.60. The van der Waals surface area contributed by atoms with Crippen LogP contribution in [0.5, 0.6) is 0 Å². The summed E-state index contributed by atoms with van der Waals surface area (Å²) < 4.78 is 5.62. The fourth-order valence-electron chi connectivity index (χ4n) is 4.01. The smallest absolute Gasteiger partial charge is 0.511 e. The predicted molar refractivity (Wildman–Crippen MR) is 109 cm³/mol. The van der Waals surface area contributed by atoms with Gasteiger partial charge in [-0.1, -0.05) is 37.8 Å². The number of aryl methyl sites for hydroxylation is 1. The van der Waals surface area contributed by atoms with E-state index in [1.165, 1.54) is 13.3 Å². The van der Waals surface area contributed by atoms with Gasteiger partial charge in [0.15, 0.2) is 5.78 Å². The number of fused-ring (bicyclic) bond motifs is 1. The van der Waals surface area contributed by atoms with E-state index >= 15 is 0 Å². The third-order valence-electron chi connectivity index (χ3n) is 5.61. The van der Waals surface area contributed by atoms with Gasteiger partial charge in [-0.25, -0.2) is 0 Å². The fraction of sp³-hybridized carbons (Fsp3) is 0.571. The highest BCUT2D eigenvalue weighted by Gasteiger charge is 2.31. The lowest BCUT2D eigenvalue weighted by molar-refractivity contribution is -0.134. The Morgan fingerprint density at radius 2 is 1.75 bits per heavy atom. The van der Waals surface area contributed by atoms with Crippen molar-refractivity contribution in [3.05, 3.63) is 29.3 Å². The number of benzene rings is 1. The van der Waals surface area contributed by atoms with Crippen molar-refractivity contribution in [3.8, 4) is 0 Å². The molecule has 0 bridgehead atoms. The van der Waals surface area contributed by atoms with Crippen LogP contribution in [0.1, 0.15) is 80.6 Å². The van der Waals surface area contributed by atoms with Gasteiger partial charge in [0.1, 0.15) is 0 Å². The van der Waals surface area contributed by atoms with E-state index in [1.54, 1.807) is 12.1 Å². The molecule has 1 aliphatic carbocycles. The molecule has 0 aromatic heterocycles. The van der Waals surface area contributed by atoms with Gasteiger partial charge >= 0.3 is 13.1 Å². The summed E-state index contributed by atoms with van der Waals surface area (Å²) in [5, 5.41) is 5.85. The second-order valence-corrected chi connectivity index (χ2v) is 7.85. The van der Waals surface area contributed by atoms with Gasteiger partial charge < -0.3 is 15.2 Å². The summed E-state index contributed by atoms with van der Waals surface area (Å²) in [7, 11) is -0.842. The van der Waals surface area contributed by atoms with E-state index in [-0.39, 0.29) is 23.8 Å². The van der Waals surface area contributed by atoms with Crippen molar-refractivity contribution in [1.82, 2.24) is 10.5 Å². The van der Waals surface area contributed by atoms with Crippen LogP contribution in [0.25, 0.3) is 0 Å². The Balaban J connectivity index is 1.80. The van der Waals surface area contributed by atoms with Crippen molar-refractivity contribution in [2.75, 3.05) is 0 Å². The molecule has 1 saturated carbocycles. The van der Waals surface area contributed by atoms with E-state index in [1.807, 2.05) is 6.07 Å². The minimum absolute atomic E-state index is 0.00330. The Hall–Kier alpha value is -2.31. The predicted octanol–water partition coefficient (Wildman–Crippen LogP) is 2.88. The summed E-state index contributed by atoms with van der Waals surface area (Å²) in [5.41, 5.74) is 2.33. The SMILES string of the molecule is CC(=O)c1ccc2c(c1)CCCCCC(=O)OB2NC(=O)NC1CCCCC1. The van der Waals surface area contributed by atoms with Crippen molar-refractivity contribution in [2.24, 2.45) is 0 Å². The zero-order chi connectivity index (χ0) is 19.9. The largest absolute Gasteiger partial charge is 0.522 e. The molecule has 2 aliphatic rings. The molecule has 3 rings (SSSR count). The zero-order valence-electron chi connectivity index (χ0n) is 16.6. The first-order valence-electron chi connectivity index (χ1n) is 10.4. The normalized spacial score (nSPS) is 18.6. The summed E-state index contributed by atoms with van der Waals surface area (Å²) in [6.07, 6.45) is 9.20. The average Bonchev–Trinajstić information content (AvgIpc) is 2.67. The molecule has 0 saturated heterocycles. The number of rotatable bonds is 3. The van der Waals surface area contributed by atoms with Crippen molar-refractivity contribution in [2.45, 2.75) is 77.2 Å². The van der Waals surface area contributed by atoms with Crippen LogP contribution in [0.3, 0.4) is 0 Å². The molecule has 1 aliphatic heterocycles. The lowest BCUT2D eigenvalue weighted by Gasteiger charge is -2.25. The van der Waals surface area contributed by atoms with E-state index in [0.29, 0.717) is 12.0 Å². The van der Waals surface area contributed by atoms with E-state index in [0.717, 1.165) is 62.4 Å². The van der Waals surface area contributed by atoms with E-state index in [2.05, 4.69) is 10.5 Å². The minimum atomic E-state index is -0.842. The molecular formula is C21H29BN2O4. The molecule has 1 aromatic rings. The van der Waals surface area contributed by atoms with Crippen LogP contribution in [0, 0.1) is 0 Å². The van der Waals surface area contributed by atoms with Gasteiger partial charge in [0.25, 0.3) is 5.97 Å². The van der Waals surface area contributed by atoms with E-state index in [9.17, 15) is 14.4 Å². The maximum atomic E-state index is 12.6. The van der Waals surface area contributed by atoms with Crippen LogP contribution in [-0.2, 0) is 15.9 Å². The van der Waals surface area contributed by atoms with Crippen molar-refractivity contribution >= 4 is 30.3 Å². The summed E-state index contributed by atoms with van der Waals surface area (Å²) in [6, 6.07) is 5.24. The maximum absolute atomic E-state index is 12.6. The first-order chi connectivity index (χ1) is 13.5. The molecule has 1 heterocycles. The minimum Gasteiger partial charge on any atom is -0.511 e. The number of nitrogens with one attached hydrogen (secondary N) is 2. The lowest BCUT2D eigenvalue weighted by Crippen LogP contribution is -2.56. The monoisotopic (exact) mass is 384 g/mol. The third-order valence-corrected chi connectivity index (χ3v) is 5.61. The Morgan fingerprint density at radius 1 is 1.04 bits per heavy atom. The molecule has 1 fully saturated rings. The molecule has 0 radical (unpaired) electrons. The first-order valence-corrected chi connectivity index (χ1v) is 10.4. The number of carbonyl (C=O) groups excluding carboxylic acids is 3. The van der Waals surface area contributed by atoms with Crippen molar-refractivity contribution < 1.29 is 19.0 Å². The lowest BCUT2D eigenvalue weighted by atomic mass is 9.69. The summed E-state index contributed by atoms with van der Waals surface area (Å²) in [4.78, 5) is 36.6. The standard InChI is InChI=1S/C21H29BN2O4/c1-15(25)16-12-13-19-17(14-16)8-4-2-7-11-20(26)28-22(19)24-21(27)23-18-9-5-3-6-10-18/h12-14,18H,2-11H2,1H3,(H2,23,24,27). The number of amides is 2. The van der Waals surface area contributed by atoms with Crippen LogP contribution >= 0.6 is 0 Å². The molecule has 1 aromatic carbocycles. The van der Waals surface area contributed by atoms with Crippen LogP contribution in [0.2, 0.25) is 0 Å². The van der Waals surface area contributed by atoms with Gasteiger partial charge in [-0.05, 0) is 56.1 Å². The molecule has 0 spiro atoms. The first kappa shape index (κ1) is 20.4. The topological polar surface area (TPSA) is 84.5 Å². The van der Waals surface area contributed by atoms with Crippen molar-refractivity contribution in [1.29, 1.82) is 0 Å². The molecule has 7 heteroatoms. The molecule has 0 unspecified atom stereocenters. The Kier molecular flexibility index (Phi) is 7.12. The molecule has 2 N–H and O–H groups in total. The number of hydrogen-bond acceptors (Lipinski definition) is 4. The molecule has 150 valence electrons. The highest BCUT2D eigenvalue weighted by Crippen LogP contribution is 2.17. The second kappa shape index (κ2) is 9.76. The quantitative estimate of drug-likeness (QED) is 0.620. The van der Waals surface area contributed by atoms with Crippen LogP contribution in [0.4, 0.5) is 4.79 Å². The molecule has 28 heavy (non-hydrogen) atoms. The van der Waals surface area contributed by atoms with E-state index in [4.69, 9.17) is 4.65 Å². The van der Waals surface area contributed by atoms with Crippen LogP contribution < -0.4 is 16.0 Å². The maximum Gasteiger partial charge on any atom is 0.522 e. The number of hydrogen-bond donors (Lipinski definition) is 2. The highest BCUT2D eigenvalue weighted by atomic mass is 16.5. The molecule has 2 amide bonds. The Bertz CT molecular complexity index is 731. The Labute approximate surface area is 166 Å². The highest BCUT2D eigenvalue weighted by molar-refractivity contribution is 6.69. The molecular weight excluding hydrogens is 355 g/mol. The summed E-state index contributed by atoms with van der Waals surface area (Å²) in [6.45, 7) is 1.54. The number of ketones is 1. The van der Waals surface area contributed by atoms with Crippen LogP contribution in [-0.4, -0.2) is 30.9 Å². The molecule has 6 nitrogen and oxygen atoms in total. The Morgan fingerprint density at radius 3 is 2.50 bits per heavy atom. The van der Waals surface area contributed by atoms with Gasteiger partial charge in [-0.15, -0.1) is 0 Å². The zero-order valence-corrected chi connectivity index (χ0v) is 16.6. The summed E-state index contributed by atoms with van der Waals surface area (Å²) in [5.74, 6) is -0.317. The number of Topliss-reactive ketones (excluding diaryl/α,β-unsaturated/α-hetero) is 1. The van der Waals surface area contributed by atoms with Gasteiger partial charge in [0.2, 0.25) is 0 Å². The van der Waals surface area contributed by atoms with Gasteiger partial charge in [0.05, 0.1) is 0 Å². The van der Waals surface area contributed by atoms with Gasteiger partial charge in [0, 0.05) is 18.0 Å². The summed E-state index contributed by atoms with van der Waals surface area (Å²) >= 11 is 0. The van der Waals surface area contributed by atoms with E-state index < -0.39 is 7.05 Å². The number of carbonyl (C=O) groups is 3. The second-order valence-electron chi connectivity index (χ2n) is 7.85. The number of urea groups is 1. The van der Waals surface area contributed by atoms with Crippen LogP contribution in [0.15, 0.2) is 18.2 Å². The van der Waals surface area contributed by atoms with Gasteiger partial charge in [-0.3, -0.25) is 14.4 Å².